The number of rotatable bonds is 4. The van der Waals surface area contributed by atoms with E-state index < -0.39 is 0 Å². The molecule has 0 aliphatic heterocycles. The maximum Gasteiger partial charge on any atom is 0.227 e. The van der Waals surface area contributed by atoms with Crippen molar-refractivity contribution in [3.8, 4) is 11.8 Å². The molecule has 0 unspecified atom stereocenters. The number of aryl methyl sites for hydroxylation is 2. The Bertz CT molecular complexity index is 489. The van der Waals surface area contributed by atoms with E-state index in [1.54, 1.807) is 19.1 Å². The van der Waals surface area contributed by atoms with Gasteiger partial charge in [-0.25, -0.2) is 0 Å². The topological polar surface area (TPSA) is 53.3 Å². The zero-order valence-electron chi connectivity index (χ0n) is 11.3. The first-order chi connectivity index (χ1) is 8.51. The largest absolute Gasteiger partial charge is 0.496 e. The van der Waals surface area contributed by atoms with E-state index in [-0.39, 0.29) is 18.7 Å². The van der Waals surface area contributed by atoms with Gasteiger partial charge in [-0.3, -0.25) is 4.79 Å². The van der Waals surface area contributed by atoms with Crippen LogP contribution in [-0.2, 0) is 4.79 Å². The van der Waals surface area contributed by atoms with Gasteiger partial charge >= 0.3 is 0 Å². The van der Waals surface area contributed by atoms with Gasteiger partial charge in [0.05, 0.1) is 13.2 Å². The molecule has 0 N–H and O–H groups in total. The Balaban J connectivity index is 2.99. The molecule has 1 aromatic rings. The number of carbonyl (C=O) groups excluding carboxylic acids is 1. The number of nitriles is 1. The molecule has 4 heteroatoms. The maximum atomic E-state index is 11.9. The van der Waals surface area contributed by atoms with Gasteiger partial charge in [-0.1, -0.05) is 0 Å². The van der Waals surface area contributed by atoms with E-state index in [9.17, 15) is 4.79 Å². The molecule has 0 aliphatic carbocycles. The summed E-state index contributed by atoms with van der Waals surface area (Å²) in [5, 5.41) is 8.50. The Morgan fingerprint density at radius 3 is 2.61 bits per heavy atom. The first-order valence-corrected chi connectivity index (χ1v) is 5.80. The number of anilines is 1. The van der Waals surface area contributed by atoms with Crippen molar-refractivity contribution in [2.45, 2.75) is 26.7 Å². The van der Waals surface area contributed by atoms with Crippen LogP contribution in [0.15, 0.2) is 12.1 Å². The molecule has 0 radical (unpaired) electrons. The third-order valence-corrected chi connectivity index (χ3v) is 2.90. The molecule has 0 saturated heterocycles. The first kappa shape index (κ1) is 14.0. The lowest BCUT2D eigenvalue weighted by molar-refractivity contribution is -0.118. The van der Waals surface area contributed by atoms with Crippen molar-refractivity contribution >= 4 is 11.6 Å². The molecule has 0 aliphatic rings. The monoisotopic (exact) mass is 246 g/mol. The summed E-state index contributed by atoms with van der Waals surface area (Å²) in [6, 6.07) is 5.83. The van der Waals surface area contributed by atoms with Crippen LogP contribution >= 0.6 is 0 Å². The minimum absolute atomic E-state index is 0.0517. The van der Waals surface area contributed by atoms with Crippen molar-refractivity contribution in [2.75, 3.05) is 19.1 Å². The summed E-state index contributed by atoms with van der Waals surface area (Å²) >= 11 is 0. The Morgan fingerprint density at radius 2 is 2.06 bits per heavy atom. The van der Waals surface area contributed by atoms with Crippen LogP contribution in [0.2, 0.25) is 0 Å². The molecule has 1 rings (SSSR count). The normalized spacial score (nSPS) is 9.72. The smallest absolute Gasteiger partial charge is 0.227 e. The Kier molecular flexibility index (Phi) is 4.73. The van der Waals surface area contributed by atoms with Crippen molar-refractivity contribution in [3.63, 3.8) is 0 Å². The summed E-state index contributed by atoms with van der Waals surface area (Å²) < 4.78 is 5.24. The average Bonchev–Trinajstić information content (AvgIpc) is 2.37. The molecule has 96 valence electrons. The highest BCUT2D eigenvalue weighted by Crippen LogP contribution is 2.28. The van der Waals surface area contributed by atoms with Gasteiger partial charge in [0.15, 0.2) is 0 Å². The van der Waals surface area contributed by atoms with Gasteiger partial charge < -0.3 is 9.64 Å². The summed E-state index contributed by atoms with van der Waals surface area (Å²) in [6.07, 6.45) is 0.495. The van der Waals surface area contributed by atoms with Crippen LogP contribution in [0.5, 0.6) is 5.75 Å². The van der Waals surface area contributed by atoms with Crippen LogP contribution in [-0.4, -0.2) is 20.1 Å². The minimum atomic E-state index is -0.0517. The van der Waals surface area contributed by atoms with E-state index in [2.05, 4.69) is 0 Å². The standard InChI is InChI=1S/C14H18N2O2/c1-10-9-13(18-4)11(2)8-12(10)16(3)14(17)6-5-7-15/h8-9H,5-6H2,1-4H3. The fourth-order valence-corrected chi connectivity index (χ4v) is 1.82. The van der Waals surface area contributed by atoms with Crippen LogP contribution in [0.4, 0.5) is 5.69 Å². The zero-order valence-corrected chi connectivity index (χ0v) is 11.3. The number of ether oxygens (including phenoxy) is 1. The van der Waals surface area contributed by atoms with Crippen molar-refractivity contribution in [3.05, 3.63) is 23.3 Å². The molecule has 1 aromatic carbocycles. The number of amides is 1. The predicted molar refractivity (Wildman–Crippen MR) is 70.7 cm³/mol. The molecular weight excluding hydrogens is 228 g/mol. The molecule has 1 amide bonds. The van der Waals surface area contributed by atoms with E-state index in [0.717, 1.165) is 22.6 Å². The summed E-state index contributed by atoms with van der Waals surface area (Å²) in [4.78, 5) is 13.5. The third-order valence-electron chi connectivity index (χ3n) is 2.90. The van der Waals surface area contributed by atoms with Gasteiger partial charge in [-0.2, -0.15) is 5.26 Å². The van der Waals surface area contributed by atoms with Gasteiger partial charge in [-0.15, -0.1) is 0 Å². The third kappa shape index (κ3) is 3.01. The van der Waals surface area contributed by atoms with E-state index in [0.29, 0.717) is 0 Å². The second-order valence-corrected chi connectivity index (χ2v) is 4.22. The predicted octanol–water partition coefficient (Wildman–Crippen LogP) is 2.58. The van der Waals surface area contributed by atoms with Crippen LogP contribution < -0.4 is 9.64 Å². The first-order valence-electron chi connectivity index (χ1n) is 5.80. The number of nitrogens with zero attached hydrogens (tertiary/aromatic N) is 2. The highest BCUT2D eigenvalue weighted by molar-refractivity contribution is 5.93. The fourth-order valence-electron chi connectivity index (χ4n) is 1.82. The number of methoxy groups -OCH3 is 1. The molecule has 0 spiro atoms. The van der Waals surface area contributed by atoms with Gasteiger partial charge in [0.1, 0.15) is 5.75 Å². The second-order valence-electron chi connectivity index (χ2n) is 4.22. The van der Waals surface area contributed by atoms with Crippen LogP contribution in [0.1, 0.15) is 24.0 Å². The highest BCUT2D eigenvalue weighted by atomic mass is 16.5. The summed E-state index contributed by atoms with van der Waals surface area (Å²) in [5.74, 6) is 0.762. The Morgan fingerprint density at radius 1 is 1.39 bits per heavy atom. The Hall–Kier alpha value is -2.02. The molecule has 4 nitrogen and oxygen atoms in total. The van der Waals surface area contributed by atoms with Gasteiger partial charge in [-0.05, 0) is 37.1 Å². The number of hydrogen-bond donors (Lipinski definition) is 0. The minimum Gasteiger partial charge on any atom is -0.496 e. The van der Waals surface area contributed by atoms with Crippen molar-refractivity contribution in [1.82, 2.24) is 0 Å². The molecule has 0 heterocycles. The molecular formula is C14H18N2O2. The van der Waals surface area contributed by atoms with Crippen LogP contribution in [0, 0.1) is 25.2 Å². The van der Waals surface area contributed by atoms with Crippen molar-refractivity contribution < 1.29 is 9.53 Å². The molecule has 0 atom stereocenters. The van der Waals surface area contributed by atoms with Crippen molar-refractivity contribution in [1.29, 1.82) is 5.26 Å². The van der Waals surface area contributed by atoms with Crippen LogP contribution in [0.25, 0.3) is 0 Å². The second kappa shape index (κ2) is 6.06. The van der Waals surface area contributed by atoms with Crippen LogP contribution in [0.3, 0.4) is 0 Å². The van der Waals surface area contributed by atoms with Gasteiger partial charge in [0.2, 0.25) is 5.91 Å². The van der Waals surface area contributed by atoms with E-state index in [1.807, 2.05) is 32.0 Å². The molecule has 0 fully saturated rings. The molecule has 18 heavy (non-hydrogen) atoms. The summed E-state index contributed by atoms with van der Waals surface area (Å²) in [5.41, 5.74) is 2.82. The quantitative estimate of drug-likeness (QED) is 0.820. The zero-order chi connectivity index (χ0) is 13.7. The van der Waals surface area contributed by atoms with Crippen molar-refractivity contribution in [2.24, 2.45) is 0 Å². The molecule has 0 saturated carbocycles. The van der Waals surface area contributed by atoms with Gasteiger partial charge in [0, 0.05) is 25.6 Å². The Labute approximate surface area is 108 Å². The number of hydrogen-bond acceptors (Lipinski definition) is 3. The van der Waals surface area contributed by atoms with E-state index in [1.165, 1.54) is 0 Å². The molecule has 0 bridgehead atoms. The summed E-state index contributed by atoms with van der Waals surface area (Å²) in [6.45, 7) is 3.88. The molecule has 0 aromatic heterocycles. The van der Waals surface area contributed by atoms with E-state index >= 15 is 0 Å². The lowest BCUT2D eigenvalue weighted by Crippen LogP contribution is -2.26. The number of carbonyl (C=O) groups is 1. The van der Waals surface area contributed by atoms with E-state index in [4.69, 9.17) is 10.00 Å². The average molecular weight is 246 g/mol. The number of benzene rings is 1. The lowest BCUT2D eigenvalue weighted by Gasteiger charge is -2.21. The maximum absolute atomic E-state index is 11.9. The summed E-state index contributed by atoms with van der Waals surface area (Å²) in [7, 11) is 3.36. The fraction of sp³-hybridized carbons (Fsp3) is 0.429. The highest BCUT2D eigenvalue weighted by Gasteiger charge is 2.14. The van der Waals surface area contributed by atoms with Gasteiger partial charge in [0.25, 0.3) is 0 Å². The SMILES string of the molecule is COc1cc(C)c(N(C)C(=O)CCC#N)cc1C. The lowest BCUT2D eigenvalue weighted by atomic mass is 10.1.